The number of aromatic amines is 1. The molecule has 1 atom stereocenters. The molecule has 0 saturated heterocycles. The summed E-state index contributed by atoms with van der Waals surface area (Å²) < 4.78 is 0. The van der Waals surface area contributed by atoms with E-state index in [1.54, 1.807) is 0 Å². The number of nitrogens with zero attached hydrogens (tertiary/aromatic N) is 1. The van der Waals surface area contributed by atoms with E-state index in [-0.39, 0.29) is 11.6 Å². The van der Waals surface area contributed by atoms with E-state index < -0.39 is 0 Å². The Kier molecular flexibility index (Phi) is 4.76. The van der Waals surface area contributed by atoms with Crippen molar-refractivity contribution in [3.05, 3.63) is 75.3 Å². The monoisotopic (exact) mass is 321 g/mol. The molecule has 0 unspecified atom stereocenters. The Bertz CT molecular complexity index is 897. The van der Waals surface area contributed by atoms with E-state index in [9.17, 15) is 4.79 Å². The zero-order chi connectivity index (χ0) is 17.1. The lowest BCUT2D eigenvalue weighted by Gasteiger charge is -2.17. The van der Waals surface area contributed by atoms with Crippen molar-refractivity contribution >= 4 is 10.9 Å². The first-order valence-corrected chi connectivity index (χ1v) is 8.37. The van der Waals surface area contributed by atoms with Crippen LogP contribution >= 0.6 is 0 Å². The van der Waals surface area contributed by atoms with Gasteiger partial charge in [0.1, 0.15) is 5.82 Å². The van der Waals surface area contributed by atoms with Crippen LogP contribution in [0.3, 0.4) is 0 Å². The van der Waals surface area contributed by atoms with Gasteiger partial charge in [-0.05, 0) is 37.5 Å². The summed E-state index contributed by atoms with van der Waals surface area (Å²) in [4.78, 5) is 19.8. The third-order valence-corrected chi connectivity index (χ3v) is 4.39. The van der Waals surface area contributed by atoms with E-state index >= 15 is 0 Å². The number of hydrogen-bond acceptors (Lipinski definition) is 3. The Balaban J connectivity index is 1.83. The summed E-state index contributed by atoms with van der Waals surface area (Å²) in [7, 11) is 0. The van der Waals surface area contributed by atoms with Gasteiger partial charge >= 0.3 is 0 Å². The number of aromatic nitrogens is 2. The van der Waals surface area contributed by atoms with Gasteiger partial charge in [-0.1, -0.05) is 48.9 Å². The smallest absolute Gasteiger partial charge is 0.258 e. The number of fused-ring (bicyclic) bond motifs is 1. The maximum Gasteiger partial charge on any atom is 0.258 e. The van der Waals surface area contributed by atoms with Crippen LogP contribution in [0.4, 0.5) is 0 Å². The normalized spacial score (nSPS) is 12.5. The van der Waals surface area contributed by atoms with Gasteiger partial charge in [0.05, 0.1) is 17.4 Å². The van der Waals surface area contributed by atoms with Gasteiger partial charge in [0.2, 0.25) is 0 Å². The number of aryl methyl sites for hydroxylation is 2. The Morgan fingerprint density at radius 2 is 1.88 bits per heavy atom. The van der Waals surface area contributed by atoms with Crippen LogP contribution in [0.1, 0.15) is 41.9 Å². The fourth-order valence-electron chi connectivity index (χ4n) is 2.95. The lowest BCUT2D eigenvalue weighted by molar-refractivity contribution is 0.508. The third-order valence-electron chi connectivity index (χ3n) is 4.39. The van der Waals surface area contributed by atoms with Gasteiger partial charge in [-0.3, -0.25) is 4.79 Å². The van der Waals surface area contributed by atoms with Crippen molar-refractivity contribution in [2.45, 2.75) is 39.8 Å². The average Bonchev–Trinajstić information content (AvgIpc) is 2.58. The molecule has 0 saturated carbocycles. The second-order valence-corrected chi connectivity index (χ2v) is 6.24. The highest BCUT2D eigenvalue weighted by Gasteiger charge is 2.10. The molecule has 3 rings (SSSR count). The van der Waals surface area contributed by atoms with Crippen LogP contribution in [-0.4, -0.2) is 9.97 Å². The van der Waals surface area contributed by atoms with Crippen LogP contribution < -0.4 is 10.9 Å². The summed E-state index contributed by atoms with van der Waals surface area (Å²) in [5.41, 5.74) is 4.22. The summed E-state index contributed by atoms with van der Waals surface area (Å²) in [5.74, 6) is 0.673. The van der Waals surface area contributed by atoms with Crippen molar-refractivity contribution in [1.29, 1.82) is 0 Å². The zero-order valence-electron chi connectivity index (χ0n) is 14.4. The highest BCUT2D eigenvalue weighted by molar-refractivity contribution is 5.80. The topological polar surface area (TPSA) is 57.8 Å². The molecule has 0 spiro atoms. The molecule has 124 valence electrons. The van der Waals surface area contributed by atoms with Gasteiger partial charge in [-0.15, -0.1) is 0 Å². The van der Waals surface area contributed by atoms with Crippen LogP contribution in [-0.2, 0) is 6.54 Å². The molecule has 0 radical (unpaired) electrons. The van der Waals surface area contributed by atoms with Crippen molar-refractivity contribution in [1.82, 2.24) is 15.3 Å². The Morgan fingerprint density at radius 1 is 1.12 bits per heavy atom. The van der Waals surface area contributed by atoms with Gasteiger partial charge in [0.15, 0.2) is 0 Å². The van der Waals surface area contributed by atoms with Gasteiger partial charge < -0.3 is 10.3 Å². The standard InChI is InChI=1S/C20H23N3O/c1-4-17(15-10-8-13(2)9-11-15)21-12-18-22-19-14(3)6-5-7-16(19)20(24)23-18/h5-11,17,21H,4,12H2,1-3H3,(H,22,23,24)/t17-/m0/s1. The van der Waals surface area contributed by atoms with Gasteiger partial charge in [0.25, 0.3) is 5.56 Å². The quantitative estimate of drug-likeness (QED) is 0.752. The Labute approximate surface area is 142 Å². The first-order valence-electron chi connectivity index (χ1n) is 8.37. The van der Waals surface area contributed by atoms with Crippen LogP contribution in [0.2, 0.25) is 0 Å². The number of H-pyrrole nitrogens is 1. The molecule has 0 aliphatic carbocycles. The summed E-state index contributed by atoms with van der Waals surface area (Å²) in [5, 5.41) is 4.14. The molecule has 1 heterocycles. The molecule has 3 aromatic rings. The maximum absolute atomic E-state index is 12.3. The predicted molar refractivity (Wildman–Crippen MR) is 98.2 cm³/mol. The lowest BCUT2D eigenvalue weighted by Crippen LogP contribution is -2.23. The molecular formula is C20H23N3O. The van der Waals surface area contributed by atoms with Crippen LogP contribution in [0.25, 0.3) is 10.9 Å². The minimum Gasteiger partial charge on any atom is -0.309 e. The number of para-hydroxylation sites is 1. The zero-order valence-corrected chi connectivity index (χ0v) is 14.4. The molecule has 24 heavy (non-hydrogen) atoms. The summed E-state index contributed by atoms with van der Waals surface area (Å²) in [6, 6.07) is 14.5. The Hall–Kier alpha value is -2.46. The molecule has 1 aromatic heterocycles. The molecule has 0 aliphatic rings. The fourth-order valence-corrected chi connectivity index (χ4v) is 2.95. The largest absolute Gasteiger partial charge is 0.309 e. The number of rotatable bonds is 5. The first kappa shape index (κ1) is 16.4. The third kappa shape index (κ3) is 3.39. The average molecular weight is 321 g/mol. The minimum atomic E-state index is -0.0797. The van der Waals surface area contributed by atoms with E-state index in [0.29, 0.717) is 17.8 Å². The highest BCUT2D eigenvalue weighted by Crippen LogP contribution is 2.18. The van der Waals surface area contributed by atoms with Crippen molar-refractivity contribution in [2.24, 2.45) is 0 Å². The molecular weight excluding hydrogens is 298 g/mol. The molecule has 4 heteroatoms. The number of nitrogens with one attached hydrogen (secondary N) is 2. The first-order chi connectivity index (χ1) is 11.6. The van der Waals surface area contributed by atoms with Crippen LogP contribution in [0.15, 0.2) is 47.3 Å². The summed E-state index contributed by atoms with van der Waals surface area (Å²) in [6.45, 7) is 6.75. The van der Waals surface area contributed by atoms with E-state index in [0.717, 1.165) is 17.5 Å². The number of benzene rings is 2. The predicted octanol–water partition coefficient (Wildman–Crippen LogP) is 3.78. The number of hydrogen-bond donors (Lipinski definition) is 2. The van der Waals surface area contributed by atoms with E-state index in [2.05, 4.69) is 53.4 Å². The molecule has 2 aromatic carbocycles. The van der Waals surface area contributed by atoms with E-state index in [4.69, 9.17) is 0 Å². The molecule has 0 amide bonds. The molecule has 0 fully saturated rings. The van der Waals surface area contributed by atoms with Crippen LogP contribution in [0.5, 0.6) is 0 Å². The second-order valence-electron chi connectivity index (χ2n) is 6.24. The highest BCUT2D eigenvalue weighted by atomic mass is 16.1. The lowest BCUT2D eigenvalue weighted by atomic mass is 10.0. The molecule has 0 bridgehead atoms. The second kappa shape index (κ2) is 6.97. The maximum atomic E-state index is 12.3. The summed E-state index contributed by atoms with van der Waals surface area (Å²) in [6.07, 6.45) is 0.972. The SMILES string of the molecule is CC[C@H](NCc1nc2c(C)cccc2c(=O)[nH]1)c1ccc(C)cc1. The summed E-state index contributed by atoms with van der Waals surface area (Å²) >= 11 is 0. The van der Waals surface area contributed by atoms with Crippen molar-refractivity contribution in [3.8, 4) is 0 Å². The van der Waals surface area contributed by atoms with Gasteiger partial charge in [-0.25, -0.2) is 4.98 Å². The van der Waals surface area contributed by atoms with Crippen molar-refractivity contribution in [3.63, 3.8) is 0 Å². The van der Waals surface area contributed by atoms with E-state index in [1.807, 2.05) is 25.1 Å². The molecule has 4 nitrogen and oxygen atoms in total. The van der Waals surface area contributed by atoms with Gasteiger partial charge in [0, 0.05) is 6.04 Å². The van der Waals surface area contributed by atoms with Crippen molar-refractivity contribution in [2.75, 3.05) is 0 Å². The Morgan fingerprint density at radius 3 is 2.58 bits per heavy atom. The minimum absolute atomic E-state index is 0.0797. The van der Waals surface area contributed by atoms with E-state index in [1.165, 1.54) is 11.1 Å². The van der Waals surface area contributed by atoms with Crippen LogP contribution in [0, 0.1) is 13.8 Å². The van der Waals surface area contributed by atoms with Gasteiger partial charge in [-0.2, -0.15) is 0 Å². The van der Waals surface area contributed by atoms with Crippen molar-refractivity contribution < 1.29 is 0 Å². The molecule has 2 N–H and O–H groups in total. The molecule has 0 aliphatic heterocycles. The fraction of sp³-hybridized carbons (Fsp3) is 0.300.